The van der Waals surface area contributed by atoms with E-state index in [-0.39, 0.29) is 18.9 Å². The van der Waals surface area contributed by atoms with Crippen molar-refractivity contribution >= 4 is 18.5 Å². The Balaban J connectivity index is 0.000000797. The van der Waals surface area contributed by atoms with Gasteiger partial charge < -0.3 is 34.1 Å². The number of rotatable bonds is 9. The number of unbranched alkanes of at least 4 members (excludes halogenated alkanes) is 1. The van der Waals surface area contributed by atoms with Crippen molar-refractivity contribution in [2.75, 3.05) is 13.2 Å². The molecule has 2 aliphatic rings. The normalized spacial score (nSPS) is 22.2. The SMILES string of the molecule is C=c1/c(=C(/CO)N=CCCC)ccn1C1CCC(C(OC2CCCCO2)c2ccc(F)c(F)c2)O1.CC.CC(C)(O)O. The van der Waals surface area contributed by atoms with Gasteiger partial charge in [-0.05, 0) is 76.1 Å². The Labute approximate surface area is 248 Å². The lowest BCUT2D eigenvalue weighted by molar-refractivity contribution is -0.215. The first kappa shape index (κ1) is 35.7. The molecule has 0 saturated carbocycles. The van der Waals surface area contributed by atoms with E-state index in [1.807, 2.05) is 36.9 Å². The minimum Gasteiger partial charge on any atom is -0.390 e. The fourth-order valence-electron chi connectivity index (χ4n) is 4.64. The number of halogens is 2. The third kappa shape index (κ3) is 11.0. The summed E-state index contributed by atoms with van der Waals surface area (Å²) in [6.07, 6.45) is 7.91. The zero-order valence-electron chi connectivity index (χ0n) is 25.6. The zero-order chi connectivity index (χ0) is 31.3. The minimum atomic E-state index is -1.50. The highest BCUT2D eigenvalue weighted by atomic mass is 19.2. The molecule has 0 spiro atoms. The number of aliphatic imine (C=N–C) groups is 1. The Hall–Kier alpha value is -2.47. The molecule has 2 aliphatic heterocycles. The van der Waals surface area contributed by atoms with Gasteiger partial charge in [0.15, 0.2) is 23.7 Å². The maximum Gasteiger partial charge on any atom is 0.159 e. The van der Waals surface area contributed by atoms with Crippen molar-refractivity contribution in [3.63, 3.8) is 0 Å². The second kappa shape index (κ2) is 17.6. The van der Waals surface area contributed by atoms with E-state index in [2.05, 4.69) is 18.5 Å². The lowest BCUT2D eigenvalue weighted by Crippen LogP contribution is -2.33. The van der Waals surface area contributed by atoms with Crippen LogP contribution in [0.15, 0.2) is 35.5 Å². The van der Waals surface area contributed by atoms with E-state index >= 15 is 0 Å². The molecule has 1 aromatic heterocycles. The summed E-state index contributed by atoms with van der Waals surface area (Å²) in [5.41, 5.74) is 1.09. The van der Waals surface area contributed by atoms with Crippen LogP contribution in [-0.2, 0) is 14.2 Å². The molecule has 3 N–H and O–H groups in total. The Morgan fingerprint density at radius 2 is 1.88 bits per heavy atom. The summed E-state index contributed by atoms with van der Waals surface area (Å²) in [5, 5.41) is 27.4. The van der Waals surface area contributed by atoms with Crippen LogP contribution in [0.4, 0.5) is 8.78 Å². The quantitative estimate of drug-likeness (QED) is 0.283. The fraction of sp³-hybridized carbons (Fsp3) is 0.594. The molecule has 3 heterocycles. The average Bonchev–Trinajstić information content (AvgIpc) is 3.59. The van der Waals surface area contributed by atoms with Gasteiger partial charge in [-0.3, -0.25) is 4.99 Å². The molecule has 236 valence electrons. The van der Waals surface area contributed by atoms with Crippen molar-refractivity contribution in [3.05, 3.63) is 58.2 Å². The predicted octanol–water partition coefficient (Wildman–Crippen LogP) is 4.84. The Bertz CT molecular complexity index is 1210. The van der Waals surface area contributed by atoms with E-state index in [1.165, 1.54) is 19.9 Å². The first-order chi connectivity index (χ1) is 20.0. The molecule has 0 amide bonds. The van der Waals surface area contributed by atoms with E-state index in [4.69, 9.17) is 24.4 Å². The molecular formula is C32H48F2N2O6. The molecule has 4 atom stereocenters. The monoisotopic (exact) mass is 594 g/mol. The second-order valence-electron chi connectivity index (χ2n) is 10.5. The van der Waals surface area contributed by atoms with Gasteiger partial charge in [-0.1, -0.05) is 39.8 Å². The average molecular weight is 595 g/mol. The van der Waals surface area contributed by atoms with Crippen molar-refractivity contribution in [2.24, 2.45) is 4.99 Å². The van der Waals surface area contributed by atoms with Gasteiger partial charge in [-0.15, -0.1) is 0 Å². The van der Waals surface area contributed by atoms with Gasteiger partial charge in [0.05, 0.1) is 18.4 Å². The third-order valence-electron chi connectivity index (χ3n) is 6.54. The van der Waals surface area contributed by atoms with Crippen LogP contribution in [0.2, 0.25) is 0 Å². The molecule has 42 heavy (non-hydrogen) atoms. The van der Waals surface area contributed by atoms with Crippen molar-refractivity contribution in [3.8, 4) is 0 Å². The van der Waals surface area contributed by atoms with Crippen LogP contribution >= 0.6 is 0 Å². The third-order valence-corrected chi connectivity index (χ3v) is 6.54. The van der Waals surface area contributed by atoms with Crippen LogP contribution in [0.1, 0.15) is 97.5 Å². The van der Waals surface area contributed by atoms with Gasteiger partial charge in [0, 0.05) is 29.6 Å². The van der Waals surface area contributed by atoms with E-state index < -0.39 is 29.8 Å². The number of aliphatic hydroxyl groups excluding tert-OH is 1. The first-order valence-electron chi connectivity index (χ1n) is 14.9. The van der Waals surface area contributed by atoms with Gasteiger partial charge in [0.2, 0.25) is 0 Å². The van der Waals surface area contributed by atoms with Crippen LogP contribution in [0, 0.1) is 11.6 Å². The second-order valence-corrected chi connectivity index (χ2v) is 10.5. The number of aliphatic hydroxyl groups is 3. The molecule has 2 aromatic rings. The van der Waals surface area contributed by atoms with Crippen molar-refractivity contribution in [1.29, 1.82) is 0 Å². The molecule has 0 aliphatic carbocycles. The maximum atomic E-state index is 14.1. The summed E-state index contributed by atoms with van der Waals surface area (Å²) in [4.78, 5) is 4.41. The lowest BCUT2D eigenvalue weighted by Gasteiger charge is -2.31. The molecule has 0 bridgehead atoms. The standard InChI is InChI=1S/C27H34F2N2O4.C3H8O2.C2H6/c1-3-4-13-30-23(17-32)20-12-14-31(18(20)2)25-11-10-24(34-25)27(35-26-7-5-6-15-33-26)19-8-9-21(28)22(29)16-19;1-3(2,4)5;1-2/h8-9,12-14,16,24-27,32H,2-7,10-11,15,17H2,1H3;4-5H,1-2H3;1-2H3/b23-20-,30-13?;;. The van der Waals surface area contributed by atoms with Crippen molar-refractivity contribution < 1.29 is 38.3 Å². The largest absolute Gasteiger partial charge is 0.390 e. The van der Waals surface area contributed by atoms with Crippen molar-refractivity contribution in [2.45, 2.75) is 110 Å². The first-order valence-corrected chi connectivity index (χ1v) is 14.9. The maximum absolute atomic E-state index is 14.1. The molecule has 1 aromatic carbocycles. The molecule has 10 heteroatoms. The Morgan fingerprint density at radius 3 is 2.48 bits per heavy atom. The highest BCUT2D eigenvalue weighted by Gasteiger charge is 2.36. The summed E-state index contributed by atoms with van der Waals surface area (Å²) in [5.74, 6) is -3.31. The topological polar surface area (TPSA) is 106 Å². The molecular weight excluding hydrogens is 546 g/mol. The zero-order valence-corrected chi connectivity index (χ0v) is 25.6. The van der Waals surface area contributed by atoms with Crippen LogP contribution in [0.3, 0.4) is 0 Å². The Kier molecular flexibility index (Phi) is 15.0. The fourth-order valence-corrected chi connectivity index (χ4v) is 4.64. The van der Waals surface area contributed by atoms with E-state index in [0.29, 0.717) is 36.1 Å². The number of benzene rings is 1. The molecule has 0 radical (unpaired) electrons. The van der Waals surface area contributed by atoms with Gasteiger partial charge in [0.25, 0.3) is 0 Å². The molecule has 4 rings (SSSR count). The molecule has 8 nitrogen and oxygen atoms in total. The smallest absolute Gasteiger partial charge is 0.159 e. The highest BCUT2D eigenvalue weighted by molar-refractivity contribution is 5.65. The predicted molar refractivity (Wildman–Crippen MR) is 160 cm³/mol. The number of aromatic nitrogens is 1. The van der Waals surface area contributed by atoms with Crippen LogP contribution in [-0.4, -0.2) is 57.5 Å². The van der Waals surface area contributed by atoms with Gasteiger partial charge in [-0.2, -0.15) is 0 Å². The summed E-state index contributed by atoms with van der Waals surface area (Å²) in [6.45, 7) is 13.3. The number of nitrogens with zero attached hydrogens (tertiary/aromatic N) is 2. The van der Waals surface area contributed by atoms with Crippen LogP contribution < -0.4 is 10.6 Å². The van der Waals surface area contributed by atoms with E-state index in [9.17, 15) is 13.9 Å². The van der Waals surface area contributed by atoms with E-state index in [1.54, 1.807) is 6.07 Å². The van der Waals surface area contributed by atoms with Gasteiger partial charge in [-0.25, -0.2) is 8.78 Å². The number of hydrogen-bond acceptors (Lipinski definition) is 7. The number of ether oxygens (including phenoxy) is 3. The van der Waals surface area contributed by atoms with Crippen molar-refractivity contribution in [1.82, 2.24) is 4.57 Å². The van der Waals surface area contributed by atoms with Crippen LogP contribution in [0.25, 0.3) is 12.3 Å². The minimum absolute atomic E-state index is 0.186. The van der Waals surface area contributed by atoms with Gasteiger partial charge in [0.1, 0.15) is 12.3 Å². The summed E-state index contributed by atoms with van der Waals surface area (Å²) in [6, 6.07) is 5.72. The summed E-state index contributed by atoms with van der Waals surface area (Å²) in [7, 11) is 0. The molecule has 2 fully saturated rings. The van der Waals surface area contributed by atoms with Gasteiger partial charge >= 0.3 is 0 Å². The summed E-state index contributed by atoms with van der Waals surface area (Å²) < 4.78 is 48.0. The Morgan fingerprint density at radius 1 is 1.17 bits per heavy atom. The number of hydrogen-bond donors (Lipinski definition) is 3. The van der Waals surface area contributed by atoms with Crippen LogP contribution in [0.5, 0.6) is 0 Å². The molecule has 2 saturated heterocycles. The lowest BCUT2D eigenvalue weighted by atomic mass is 10.0. The van der Waals surface area contributed by atoms with E-state index in [0.717, 1.165) is 43.4 Å². The summed E-state index contributed by atoms with van der Waals surface area (Å²) >= 11 is 0. The molecule has 4 unspecified atom stereocenters. The highest BCUT2D eigenvalue weighted by Crippen LogP contribution is 2.38.